The number of carbonyl (C=O) groups is 1. The Balaban J connectivity index is 1.77. The second-order valence-corrected chi connectivity index (χ2v) is 9.36. The van der Waals surface area contributed by atoms with Gasteiger partial charge in [-0.15, -0.1) is 6.58 Å². The highest BCUT2D eigenvalue weighted by molar-refractivity contribution is 5.81. The number of esters is 1. The van der Waals surface area contributed by atoms with Crippen LogP contribution in [-0.4, -0.2) is 11.6 Å². The first-order valence-corrected chi connectivity index (χ1v) is 9.17. The quantitative estimate of drug-likeness (QED) is 0.509. The molecule has 0 spiro atoms. The van der Waals surface area contributed by atoms with Gasteiger partial charge in [0.2, 0.25) is 0 Å². The van der Waals surface area contributed by atoms with Crippen LogP contribution in [0.4, 0.5) is 0 Å². The summed E-state index contributed by atoms with van der Waals surface area (Å²) in [6.07, 6.45) is 11.5. The van der Waals surface area contributed by atoms with Crippen LogP contribution in [0.25, 0.3) is 0 Å². The van der Waals surface area contributed by atoms with Crippen molar-refractivity contribution in [2.45, 2.75) is 77.7 Å². The number of rotatable bonds is 1. The molecule has 0 aromatic carbocycles. The van der Waals surface area contributed by atoms with E-state index in [2.05, 4.69) is 33.4 Å². The Morgan fingerprint density at radius 1 is 1.14 bits per heavy atom. The molecule has 0 amide bonds. The molecule has 3 aliphatic carbocycles. The molecule has 4 fully saturated rings. The Morgan fingerprint density at radius 2 is 1.91 bits per heavy atom. The van der Waals surface area contributed by atoms with Crippen molar-refractivity contribution < 1.29 is 9.53 Å². The molecule has 2 nitrogen and oxygen atoms in total. The summed E-state index contributed by atoms with van der Waals surface area (Å²) < 4.78 is 6.29. The lowest BCUT2D eigenvalue weighted by molar-refractivity contribution is -0.202. The fourth-order valence-electron chi connectivity index (χ4n) is 6.75. The molecule has 0 radical (unpaired) electrons. The molecule has 6 atom stereocenters. The van der Waals surface area contributed by atoms with Gasteiger partial charge in [-0.1, -0.05) is 19.9 Å². The Labute approximate surface area is 134 Å². The number of hydrogen-bond acceptors (Lipinski definition) is 2. The second-order valence-electron chi connectivity index (χ2n) is 9.36. The van der Waals surface area contributed by atoms with E-state index in [-0.39, 0.29) is 27.8 Å². The smallest absolute Gasteiger partial charge is 0.312 e. The number of ether oxygens (including phenoxy) is 1. The van der Waals surface area contributed by atoms with Crippen molar-refractivity contribution in [1.82, 2.24) is 0 Å². The van der Waals surface area contributed by atoms with Crippen molar-refractivity contribution in [3.05, 3.63) is 12.7 Å². The van der Waals surface area contributed by atoms with Crippen molar-refractivity contribution in [3.63, 3.8) is 0 Å². The minimum Gasteiger partial charge on any atom is -0.458 e. The molecule has 1 aliphatic heterocycles. The van der Waals surface area contributed by atoms with Crippen molar-refractivity contribution >= 4 is 5.97 Å². The molecule has 3 saturated carbocycles. The number of fused-ring (bicyclic) bond motifs is 1. The predicted molar refractivity (Wildman–Crippen MR) is 87.3 cm³/mol. The predicted octanol–water partition coefficient (Wildman–Crippen LogP) is 4.88. The molecule has 0 aromatic rings. The van der Waals surface area contributed by atoms with Crippen LogP contribution in [0, 0.1) is 28.1 Å². The summed E-state index contributed by atoms with van der Waals surface area (Å²) in [6.45, 7) is 11.1. The molecule has 1 saturated heterocycles. The lowest BCUT2D eigenvalue weighted by atomic mass is 9.42. The summed E-state index contributed by atoms with van der Waals surface area (Å²) >= 11 is 0. The third kappa shape index (κ3) is 1.50. The molecule has 1 heterocycles. The normalized spacial score (nSPS) is 56.8. The van der Waals surface area contributed by atoms with Gasteiger partial charge in [-0.2, -0.15) is 0 Å². The van der Waals surface area contributed by atoms with E-state index in [1.54, 1.807) is 0 Å². The zero-order valence-corrected chi connectivity index (χ0v) is 14.4. The van der Waals surface area contributed by atoms with Crippen LogP contribution in [0.3, 0.4) is 0 Å². The Kier molecular flexibility index (Phi) is 2.81. The van der Waals surface area contributed by atoms with Gasteiger partial charge in [0.1, 0.15) is 5.60 Å². The molecule has 4 rings (SSSR count). The highest BCUT2D eigenvalue weighted by Crippen LogP contribution is 2.71. The van der Waals surface area contributed by atoms with E-state index in [0.717, 1.165) is 19.3 Å². The van der Waals surface area contributed by atoms with Crippen molar-refractivity contribution in [3.8, 4) is 0 Å². The van der Waals surface area contributed by atoms with E-state index in [1.807, 2.05) is 0 Å². The van der Waals surface area contributed by atoms with Crippen LogP contribution < -0.4 is 0 Å². The number of carbonyl (C=O) groups excluding carboxylic acids is 1. The third-order valence-electron chi connectivity index (χ3n) is 8.41. The maximum Gasteiger partial charge on any atom is 0.312 e. The number of hydrogen-bond donors (Lipinski definition) is 0. The second kappa shape index (κ2) is 4.19. The van der Waals surface area contributed by atoms with E-state index in [4.69, 9.17) is 4.74 Å². The van der Waals surface area contributed by atoms with Crippen LogP contribution in [0.5, 0.6) is 0 Å². The van der Waals surface area contributed by atoms with Gasteiger partial charge in [0, 0.05) is 11.3 Å². The van der Waals surface area contributed by atoms with Gasteiger partial charge in [0.25, 0.3) is 0 Å². The largest absolute Gasteiger partial charge is 0.458 e. The van der Waals surface area contributed by atoms with Crippen LogP contribution in [0.15, 0.2) is 12.7 Å². The van der Waals surface area contributed by atoms with Crippen LogP contribution in [0.1, 0.15) is 72.1 Å². The van der Waals surface area contributed by atoms with Gasteiger partial charge < -0.3 is 4.74 Å². The third-order valence-corrected chi connectivity index (χ3v) is 8.41. The Hall–Kier alpha value is -0.790. The average Bonchev–Trinajstić information content (AvgIpc) is 2.61. The highest BCUT2D eigenvalue weighted by atomic mass is 16.6. The molecule has 2 heteroatoms. The molecular weight excluding hydrogens is 272 g/mol. The van der Waals surface area contributed by atoms with Crippen molar-refractivity contribution in [2.24, 2.45) is 28.1 Å². The van der Waals surface area contributed by atoms with E-state index in [9.17, 15) is 4.79 Å². The molecule has 4 aliphatic rings. The minimum absolute atomic E-state index is 0.105. The summed E-state index contributed by atoms with van der Waals surface area (Å²) in [5.74, 6) is 1.23. The van der Waals surface area contributed by atoms with Crippen LogP contribution >= 0.6 is 0 Å². The molecular formula is C20H30O2. The molecule has 22 heavy (non-hydrogen) atoms. The number of allylic oxidation sites excluding steroid dienone is 1. The van der Waals surface area contributed by atoms with Crippen molar-refractivity contribution in [2.75, 3.05) is 0 Å². The lowest BCUT2D eigenvalue weighted by Gasteiger charge is -2.62. The summed E-state index contributed by atoms with van der Waals surface area (Å²) in [6, 6.07) is 0. The standard InChI is InChI=1S/C20H30O2/c1-5-17(2)11-12-19(4)14(13-17)7-8-15-18(3)9-6-10-20(15,19)22-16(18)21/h5,14-15H,1,6-13H2,2-4H3/t14?,15?,17-,18+,19-,20-/m1/s1. The summed E-state index contributed by atoms with van der Waals surface area (Å²) in [7, 11) is 0. The monoisotopic (exact) mass is 302 g/mol. The fraction of sp³-hybridized carbons (Fsp3) is 0.850. The zero-order valence-electron chi connectivity index (χ0n) is 14.4. The fourth-order valence-corrected chi connectivity index (χ4v) is 6.75. The molecule has 0 N–H and O–H groups in total. The van der Waals surface area contributed by atoms with Gasteiger partial charge in [-0.3, -0.25) is 4.79 Å². The van der Waals surface area contributed by atoms with Gasteiger partial charge in [-0.25, -0.2) is 0 Å². The molecule has 2 bridgehead atoms. The molecule has 0 aromatic heterocycles. The van der Waals surface area contributed by atoms with Gasteiger partial charge >= 0.3 is 5.97 Å². The van der Waals surface area contributed by atoms with Gasteiger partial charge in [0.15, 0.2) is 0 Å². The summed E-state index contributed by atoms with van der Waals surface area (Å²) in [5, 5.41) is 0. The first-order chi connectivity index (χ1) is 10.3. The topological polar surface area (TPSA) is 26.3 Å². The van der Waals surface area contributed by atoms with Gasteiger partial charge in [-0.05, 0) is 69.6 Å². The van der Waals surface area contributed by atoms with Gasteiger partial charge in [0.05, 0.1) is 5.41 Å². The lowest BCUT2D eigenvalue weighted by Crippen LogP contribution is -2.62. The summed E-state index contributed by atoms with van der Waals surface area (Å²) in [5.41, 5.74) is 0.0778. The first-order valence-electron chi connectivity index (χ1n) is 9.17. The Morgan fingerprint density at radius 3 is 2.64 bits per heavy atom. The van der Waals surface area contributed by atoms with E-state index in [1.165, 1.54) is 32.1 Å². The van der Waals surface area contributed by atoms with E-state index < -0.39 is 0 Å². The van der Waals surface area contributed by atoms with Crippen LogP contribution in [-0.2, 0) is 9.53 Å². The molecule has 122 valence electrons. The highest BCUT2D eigenvalue weighted by Gasteiger charge is 2.73. The van der Waals surface area contributed by atoms with E-state index in [0.29, 0.717) is 11.8 Å². The first kappa shape index (κ1) is 14.8. The van der Waals surface area contributed by atoms with Crippen LogP contribution in [0.2, 0.25) is 0 Å². The maximum atomic E-state index is 12.7. The molecule has 2 unspecified atom stereocenters. The SMILES string of the molecule is C=C[C@]1(C)CC[C@]2(C)C(CCC3[C@]4(C)CCC[C@@]32OC4=O)C1. The van der Waals surface area contributed by atoms with E-state index >= 15 is 0 Å². The van der Waals surface area contributed by atoms with Crippen molar-refractivity contribution in [1.29, 1.82) is 0 Å². The zero-order chi connectivity index (χ0) is 15.8. The minimum atomic E-state index is -0.203. The Bertz CT molecular complexity index is 540. The summed E-state index contributed by atoms with van der Waals surface area (Å²) in [4.78, 5) is 12.7. The maximum absolute atomic E-state index is 12.7. The average molecular weight is 302 g/mol.